The number of aryl methyl sites for hydroxylation is 1. The topological polar surface area (TPSA) is 50.4 Å². The van der Waals surface area contributed by atoms with Crippen LogP contribution in [0.15, 0.2) is 41.4 Å². The smallest absolute Gasteiger partial charge is 0.188 e. The molecule has 0 spiro atoms. The number of guanidine groups is 1. The van der Waals surface area contributed by atoms with Crippen LogP contribution in [0.4, 0.5) is 0 Å². The minimum Gasteiger partial charge on any atom is -0.370 e. The summed E-state index contributed by atoms with van der Waals surface area (Å²) in [5.74, 6) is 0.478. The molecular formula is C17H27N3. The molecule has 0 bridgehead atoms. The highest BCUT2D eigenvalue weighted by Gasteiger charge is 2.20. The fourth-order valence-electron chi connectivity index (χ4n) is 1.86. The third-order valence-electron chi connectivity index (χ3n) is 3.36. The number of hydrogen-bond acceptors (Lipinski definition) is 1. The summed E-state index contributed by atoms with van der Waals surface area (Å²) >= 11 is 0. The Morgan fingerprint density at radius 1 is 1.30 bits per heavy atom. The van der Waals surface area contributed by atoms with Crippen LogP contribution in [-0.4, -0.2) is 19.0 Å². The van der Waals surface area contributed by atoms with Crippen LogP contribution >= 0.6 is 0 Å². The molecule has 0 radical (unpaired) electrons. The van der Waals surface area contributed by atoms with E-state index in [2.05, 4.69) is 61.9 Å². The monoisotopic (exact) mass is 273 g/mol. The number of nitrogens with two attached hydrogens (primary N) is 1. The Morgan fingerprint density at radius 2 is 1.90 bits per heavy atom. The van der Waals surface area contributed by atoms with Crippen molar-refractivity contribution in [2.24, 2.45) is 10.7 Å². The molecule has 0 aliphatic heterocycles. The summed E-state index contributed by atoms with van der Waals surface area (Å²) in [5, 5.41) is 3.05. The molecule has 0 unspecified atom stereocenters. The van der Waals surface area contributed by atoms with E-state index in [0.29, 0.717) is 19.0 Å². The van der Waals surface area contributed by atoms with Crippen molar-refractivity contribution in [1.82, 2.24) is 5.32 Å². The van der Waals surface area contributed by atoms with E-state index in [1.54, 1.807) is 0 Å². The van der Waals surface area contributed by atoms with Gasteiger partial charge in [-0.25, -0.2) is 0 Å². The van der Waals surface area contributed by atoms with E-state index in [9.17, 15) is 0 Å². The van der Waals surface area contributed by atoms with Crippen molar-refractivity contribution >= 4 is 5.96 Å². The first-order valence-corrected chi connectivity index (χ1v) is 7.12. The lowest BCUT2D eigenvalue weighted by Crippen LogP contribution is -2.34. The fourth-order valence-corrected chi connectivity index (χ4v) is 1.86. The summed E-state index contributed by atoms with van der Waals surface area (Å²) < 4.78 is 0. The zero-order valence-electron chi connectivity index (χ0n) is 13.2. The van der Waals surface area contributed by atoms with E-state index in [-0.39, 0.29) is 5.41 Å². The first-order chi connectivity index (χ1) is 9.35. The quantitative estimate of drug-likeness (QED) is 0.475. The molecule has 0 amide bonds. The largest absolute Gasteiger partial charge is 0.370 e. The van der Waals surface area contributed by atoms with Crippen molar-refractivity contribution in [2.45, 2.75) is 39.5 Å². The minimum atomic E-state index is -0.0260. The van der Waals surface area contributed by atoms with Gasteiger partial charge in [-0.15, -0.1) is 0 Å². The van der Waals surface area contributed by atoms with Crippen LogP contribution in [0.2, 0.25) is 0 Å². The van der Waals surface area contributed by atoms with Crippen LogP contribution in [0.25, 0.3) is 0 Å². The van der Waals surface area contributed by atoms with Gasteiger partial charge in [0, 0.05) is 12.0 Å². The van der Waals surface area contributed by atoms with Crippen LogP contribution in [0.1, 0.15) is 38.8 Å². The summed E-state index contributed by atoms with van der Waals surface area (Å²) in [5.41, 5.74) is 9.50. The van der Waals surface area contributed by atoms with Crippen molar-refractivity contribution in [1.29, 1.82) is 0 Å². The molecule has 3 heteroatoms. The SMILES string of the molecule is C=C(C)CNC(N)=NCC(C)(C)c1ccc(CC)cc1. The third kappa shape index (κ3) is 5.08. The van der Waals surface area contributed by atoms with Gasteiger partial charge < -0.3 is 11.1 Å². The second-order valence-electron chi connectivity index (χ2n) is 5.95. The number of aliphatic imine (C=N–C) groups is 1. The van der Waals surface area contributed by atoms with Crippen molar-refractivity contribution in [3.8, 4) is 0 Å². The highest BCUT2D eigenvalue weighted by atomic mass is 15.1. The van der Waals surface area contributed by atoms with E-state index >= 15 is 0 Å². The van der Waals surface area contributed by atoms with Gasteiger partial charge in [0.25, 0.3) is 0 Å². The summed E-state index contributed by atoms with van der Waals surface area (Å²) in [6.45, 7) is 13.6. The number of rotatable bonds is 6. The second kappa shape index (κ2) is 7.13. The predicted molar refractivity (Wildman–Crippen MR) is 88.2 cm³/mol. The number of nitrogens with one attached hydrogen (secondary N) is 1. The van der Waals surface area contributed by atoms with Gasteiger partial charge in [-0.3, -0.25) is 4.99 Å². The molecule has 0 fully saturated rings. The Morgan fingerprint density at radius 3 is 2.40 bits per heavy atom. The highest BCUT2D eigenvalue weighted by Crippen LogP contribution is 2.23. The fraction of sp³-hybridized carbons (Fsp3) is 0.471. The van der Waals surface area contributed by atoms with Crippen molar-refractivity contribution in [3.63, 3.8) is 0 Å². The van der Waals surface area contributed by atoms with Crippen molar-refractivity contribution < 1.29 is 0 Å². The van der Waals surface area contributed by atoms with Gasteiger partial charge in [0.05, 0.1) is 6.54 Å². The zero-order chi connectivity index (χ0) is 15.2. The maximum atomic E-state index is 5.85. The Labute approximate surface area is 123 Å². The maximum Gasteiger partial charge on any atom is 0.188 e. The molecule has 0 heterocycles. The predicted octanol–water partition coefficient (Wildman–Crippen LogP) is 3.01. The first kappa shape index (κ1) is 16.3. The number of hydrogen-bond donors (Lipinski definition) is 2. The Bertz CT molecular complexity index is 470. The van der Waals surface area contributed by atoms with Crippen molar-refractivity contribution in [3.05, 3.63) is 47.5 Å². The Balaban J connectivity index is 2.68. The molecular weight excluding hydrogens is 246 g/mol. The summed E-state index contributed by atoms with van der Waals surface area (Å²) in [6, 6.07) is 8.74. The third-order valence-corrected chi connectivity index (χ3v) is 3.36. The van der Waals surface area contributed by atoms with Gasteiger partial charge >= 0.3 is 0 Å². The molecule has 0 aliphatic rings. The molecule has 110 valence electrons. The number of nitrogens with zero attached hydrogens (tertiary/aromatic N) is 1. The van der Waals surface area contributed by atoms with Gasteiger partial charge in [-0.2, -0.15) is 0 Å². The van der Waals surface area contributed by atoms with Gasteiger partial charge in [-0.05, 0) is 24.5 Å². The van der Waals surface area contributed by atoms with Crippen LogP contribution in [0, 0.1) is 0 Å². The zero-order valence-corrected chi connectivity index (χ0v) is 13.2. The van der Waals surface area contributed by atoms with Crippen LogP contribution in [0.3, 0.4) is 0 Å². The Kier molecular flexibility index (Phi) is 5.81. The molecule has 3 nitrogen and oxygen atoms in total. The van der Waals surface area contributed by atoms with E-state index in [4.69, 9.17) is 5.73 Å². The molecule has 20 heavy (non-hydrogen) atoms. The highest BCUT2D eigenvalue weighted by molar-refractivity contribution is 5.78. The van der Waals surface area contributed by atoms with Gasteiger partial charge in [0.15, 0.2) is 5.96 Å². The van der Waals surface area contributed by atoms with Gasteiger partial charge in [0.2, 0.25) is 0 Å². The van der Waals surface area contributed by atoms with Crippen LogP contribution < -0.4 is 11.1 Å². The first-order valence-electron chi connectivity index (χ1n) is 7.12. The number of benzene rings is 1. The lowest BCUT2D eigenvalue weighted by Gasteiger charge is -2.23. The Hall–Kier alpha value is -1.77. The average molecular weight is 273 g/mol. The maximum absolute atomic E-state index is 5.85. The molecule has 0 aliphatic carbocycles. The van der Waals surface area contributed by atoms with E-state index in [1.165, 1.54) is 11.1 Å². The van der Waals surface area contributed by atoms with Crippen LogP contribution in [0.5, 0.6) is 0 Å². The summed E-state index contributed by atoms with van der Waals surface area (Å²) in [4.78, 5) is 4.43. The normalized spacial score (nSPS) is 12.3. The lowest BCUT2D eigenvalue weighted by atomic mass is 9.84. The molecule has 1 rings (SSSR count). The van der Waals surface area contributed by atoms with Crippen LogP contribution in [-0.2, 0) is 11.8 Å². The summed E-state index contributed by atoms with van der Waals surface area (Å²) in [7, 11) is 0. The second-order valence-corrected chi connectivity index (χ2v) is 5.95. The molecule has 0 aromatic heterocycles. The molecule has 0 atom stereocenters. The molecule has 3 N–H and O–H groups in total. The van der Waals surface area contributed by atoms with E-state index < -0.39 is 0 Å². The lowest BCUT2D eigenvalue weighted by molar-refractivity contribution is 0.539. The summed E-state index contributed by atoms with van der Waals surface area (Å²) in [6.07, 6.45) is 1.07. The molecule has 1 aromatic carbocycles. The average Bonchev–Trinajstić information content (AvgIpc) is 2.43. The van der Waals surface area contributed by atoms with Gasteiger partial charge in [0.1, 0.15) is 0 Å². The molecule has 0 saturated heterocycles. The minimum absolute atomic E-state index is 0.0260. The molecule has 1 aromatic rings. The van der Waals surface area contributed by atoms with E-state index in [0.717, 1.165) is 12.0 Å². The van der Waals surface area contributed by atoms with Crippen molar-refractivity contribution in [2.75, 3.05) is 13.1 Å². The van der Waals surface area contributed by atoms with E-state index in [1.807, 2.05) is 6.92 Å². The van der Waals surface area contributed by atoms with Gasteiger partial charge in [-0.1, -0.05) is 57.2 Å². The standard InChI is InChI=1S/C17H27N3/c1-6-14-7-9-15(10-8-14)17(4,5)12-20-16(18)19-11-13(2)3/h7-10H,2,6,11-12H2,1,3-5H3,(H3,18,19,20). The molecule has 0 saturated carbocycles.